The van der Waals surface area contributed by atoms with E-state index in [9.17, 15) is 13.2 Å². The highest BCUT2D eigenvalue weighted by molar-refractivity contribution is 7.89. The number of hydrogen-bond donors (Lipinski definition) is 2. The van der Waals surface area contributed by atoms with Gasteiger partial charge < -0.3 is 5.32 Å². The molecule has 0 bridgehead atoms. The quantitative estimate of drug-likeness (QED) is 0.901. The van der Waals surface area contributed by atoms with Crippen LogP contribution in [-0.4, -0.2) is 25.9 Å². The molecule has 0 fully saturated rings. The molecule has 1 amide bonds. The van der Waals surface area contributed by atoms with Crippen LogP contribution in [0.1, 0.15) is 27.7 Å². The van der Waals surface area contributed by atoms with Gasteiger partial charge in [0.25, 0.3) is 0 Å². The Balaban J connectivity index is 2.21. The van der Waals surface area contributed by atoms with Crippen LogP contribution >= 0.6 is 0 Å². The molecule has 124 valence electrons. The summed E-state index contributed by atoms with van der Waals surface area (Å²) < 4.78 is 27.4. The van der Waals surface area contributed by atoms with Crippen LogP contribution in [0.5, 0.6) is 0 Å². The number of sulfonamides is 1. The van der Waals surface area contributed by atoms with Gasteiger partial charge in [-0.05, 0) is 50.6 Å². The van der Waals surface area contributed by atoms with Crippen LogP contribution < -0.4 is 10.0 Å². The van der Waals surface area contributed by atoms with E-state index in [1.54, 1.807) is 18.2 Å². The second-order valence-corrected chi connectivity index (χ2v) is 8.31. The zero-order valence-corrected chi connectivity index (χ0v) is 14.6. The van der Waals surface area contributed by atoms with Gasteiger partial charge in [0.05, 0.1) is 10.9 Å². The second-order valence-electron chi connectivity index (χ2n) is 6.59. The van der Waals surface area contributed by atoms with Crippen molar-refractivity contribution in [3.05, 3.63) is 42.5 Å². The molecule has 2 aromatic carbocycles. The molecule has 2 rings (SSSR count). The summed E-state index contributed by atoms with van der Waals surface area (Å²) in [5, 5.41) is 4.55. The molecule has 0 spiro atoms. The number of amides is 1. The fourth-order valence-corrected chi connectivity index (χ4v) is 3.40. The summed E-state index contributed by atoms with van der Waals surface area (Å²) >= 11 is 0. The molecular weight excluding hydrogens is 312 g/mol. The SMILES string of the molecule is C[C@H](NS(=O)(=O)c1ccc2ccccc2c1)C(=O)NC(C)(C)C. The van der Waals surface area contributed by atoms with Crippen LogP contribution in [0.25, 0.3) is 10.8 Å². The van der Waals surface area contributed by atoms with Crippen molar-refractivity contribution in [2.45, 2.75) is 44.2 Å². The van der Waals surface area contributed by atoms with E-state index in [1.165, 1.54) is 6.92 Å². The monoisotopic (exact) mass is 334 g/mol. The first kappa shape index (κ1) is 17.4. The summed E-state index contributed by atoms with van der Waals surface area (Å²) in [6.07, 6.45) is 0. The molecule has 23 heavy (non-hydrogen) atoms. The van der Waals surface area contributed by atoms with E-state index < -0.39 is 21.6 Å². The first-order chi connectivity index (χ1) is 10.6. The molecule has 0 saturated heterocycles. The van der Waals surface area contributed by atoms with E-state index in [2.05, 4.69) is 10.0 Å². The van der Waals surface area contributed by atoms with E-state index in [1.807, 2.05) is 45.0 Å². The Labute approximate surface area is 137 Å². The van der Waals surface area contributed by atoms with E-state index in [0.717, 1.165) is 10.8 Å². The number of nitrogens with one attached hydrogen (secondary N) is 2. The van der Waals surface area contributed by atoms with Gasteiger partial charge in [0.1, 0.15) is 0 Å². The van der Waals surface area contributed by atoms with Crippen LogP contribution in [0.15, 0.2) is 47.4 Å². The van der Waals surface area contributed by atoms with Crippen molar-refractivity contribution >= 4 is 26.7 Å². The van der Waals surface area contributed by atoms with Gasteiger partial charge in [0.2, 0.25) is 15.9 Å². The third-order valence-corrected chi connectivity index (χ3v) is 4.79. The number of benzene rings is 2. The van der Waals surface area contributed by atoms with Gasteiger partial charge in [0.15, 0.2) is 0 Å². The Bertz CT molecular complexity index is 823. The Morgan fingerprint density at radius 1 is 1.04 bits per heavy atom. The topological polar surface area (TPSA) is 75.3 Å². The third-order valence-electron chi connectivity index (χ3n) is 3.25. The molecule has 0 saturated carbocycles. The van der Waals surface area contributed by atoms with E-state index in [0.29, 0.717) is 0 Å². The maximum atomic E-state index is 12.5. The highest BCUT2D eigenvalue weighted by Crippen LogP contribution is 2.19. The highest BCUT2D eigenvalue weighted by atomic mass is 32.2. The minimum atomic E-state index is -3.76. The van der Waals surface area contributed by atoms with Crippen molar-refractivity contribution in [2.75, 3.05) is 0 Å². The molecule has 6 heteroatoms. The van der Waals surface area contributed by atoms with Crippen molar-refractivity contribution in [1.29, 1.82) is 0 Å². The van der Waals surface area contributed by atoms with Crippen LogP contribution in [-0.2, 0) is 14.8 Å². The van der Waals surface area contributed by atoms with Gasteiger partial charge in [-0.25, -0.2) is 8.42 Å². The van der Waals surface area contributed by atoms with Gasteiger partial charge in [0, 0.05) is 5.54 Å². The van der Waals surface area contributed by atoms with Crippen molar-refractivity contribution in [1.82, 2.24) is 10.0 Å². The Morgan fingerprint density at radius 2 is 1.65 bits per heavy atom. The summed E-state index contributed by atoms with van der Waals surface area (Å²) in [5.41, 5.74) is -0.417. The number of carbonyl (C=O) groups is 1. The summed E-state index contributed by atoms with van der Waals surface area (Å²) in [6.45, 7) is 7.06. The lowest BCUT2D eigenvalue weighted by Gasteiger charge is -2.23. The average molecular weight is 334 g/mol. The molecule has 0 aliphatic rings. The standard InChI is InChI=1S/C17H22N2O3S/c1-12(16(20)18-17(2,3)4)19-23(21,22)15-10-9-13-7-5-6-8-14(13)11-15/h5-12,19H,1-4H3,(H,18,20)/t12-/m0/s1. The largest absolute Gasteiger partial charge is 0.350 e. The Hall–Kier alpha value is -1.92. The van der Waals surface area contributed by atoms with Gasteiger partial charge in [-0.3, -0.25) is 4.79 Å². The van der Waals surface area contributed by atoms with Crippen molar-refractivity contribution < 1.29 is 13.2 Å². The molecule has 0 aliphatic heterocycles. The van der Waals surface area contributed by atoms with Crippen LogP contribution in [0, 0.1) is 0 Å². The molecule has 0 unspecified atom stereocenters. The second kappa shape index (κ2) is 6.29. The van der Waals surface area contributed by atoms with E-state index in [4.69, 9.17) is 0 Å². The van der Waals surface area contributed by atoms with Gasteiger partial charge in [-0.1, -0.05) is 30.3 Å². The minimum absolute atomic E-state index is 0.145. The first-order valence-electron chi connectivity index (χ1n) is 7.42. The molecule has 5 nitrogen and oxygen atoms in total. The number of carbonyl (C=O) groups excluding carboxylic acids is 1. The fraction of sp³-hybridized carbons (Fsp3) is 0.353. The normalized spacial score (nSPS) is 13.7. The summed E-state index contributed by atoms with van der Waals surface area (Å²) in [6, 6.07) is 11.6. The lowest BCUT2D eigenvalue weighted by Crippen LogP contribution is -2.50. The zero-order valence-electron chi connectivity index (χ0n) is 13.8. The van der Waals surface area contributed by atoms with Crippen molar-refractivity contribution in [3.8, 4) is 0 Å². The van der Waals surface area contributed by atoms with Crippen LogP contribution in [0.4, 0.5) is 0 Å². The van der Waals surface area contributed by atoms with E-state index >= 15 is 0 Å². The molecule has 0 heterocycles. The van der Waals surface area contributed by atoms with Crippen LogP contribution in [0.3, 0.4) is 0 Å². The maximum Gasteiger partial charge on any atom is 0.241 e. The van der Waals surface area contributed by atoms with Gasteiger partial charge >= 0.3 is 0 Å². The molecule has 2 N–H and O–H groups in total. The Kier molecular flexibility index (Phi) is 4.77. The first-order valence-corrected chi connectivity index (χ1v) is 8.90. The van der Waals surface area contributed by atoms with E-state index in [-0.39, 0.29) is 10.8 Å². The highest BCUT2D eigenvalue weighted by Gasteiger charge is 2.24. The summed E-state index contributed by atoms with van der Waals surface area (Å²) in [4.78, 5) is 12.2. The molecule has 0 aliphatic carbocycles. The van der Waals surface area contributed by atoms with Crippen molar-refractivity contribution in [3.63, 3.8) is 0 Å². The average Bonchev–Trinajstić information content (AvgIpc) is 2.44. The smallest absolute Gasteiger partial charge is 0.241 e. The minimum Gasteiger partial charge on any atom is -0.350 e. The molecule has 0 radical (unpaired) electrons. The molecule has 2 aromatic rings. The fourth-order valence-electron chi connectivity index (χ4n) is 2.17. The lowest BCUT2D eigenvalue weighted by molar-refractivity contribution is -0.123. The summed E-state index contributed by atoms with van der Waals surface area (Å²) in [5.74, 6) is -0.359. The predicted octanol–water partition coefficient (Wildman–Crippen LogP) is 2.42. The number of rotatable bonds is 4. The van der Waals surface area contributed by atoms with Crippen LogP contribution in [0.2, 0.25) is 0 Å². The number of fused-ring (bicyclic) bond motifs is 1. The predicted molar refractivity (Wildman–Crippen MR) is 91.6 cm³/mol. The zero-order chi connectivity index (χ0) is 17.3. The number of hydrogen-bond acceptors (Lipinski definition) is 3. The van der Waals surface area contributed by atoms with Gasteiger partial charge in [-0.2, -0.15) is 4.72 Å². The molecular formula is C17H22N2O3S. The maximum absolute atomic E-state index is 12.5. The summed E-state index contributed by atoms with van der Waals surface area (Å²) in [7, 11) is -3.76. The van der Waals surface area contributed by atoms with Gasteiger partial charge in [-0.15, -0.1) is 0 Å². The Morgan fingerprint density at radius 3 is 2.26 bits per heavy atom. The third kappa shape index (κ3) is 4.53. The molecule has 1 atom stereocenters. The molecule has 0 aromatic heterocycles. The lowest BCUT2D eigenvalue weighted by atomic mass is 10.1. The van der Waals surface area contributed by atoms with Crippen molar-refractivity contribution in [2.24, 2.45) is 0 Å².